The second-order valence-corrected chi connectivity index (χ2v) is 4.67. The third-order valence-electron chi connectivity index (χ3n) is 3.25. The Morgan fingerprint density at radius 1 is 1.24 bits per heavy atom. The maximum atomic E-state index is 11.6. The van der Waals surface area contributed by atoms with Gasteiger partial charge < -0.3 is 5.11 Å². The molecular weight excluding hydrogens is 266 g/mol. The van der Waals surface area contributed by atoms with Crippen LogP contribution in [-0.2, 0) is 4.79 Å². The lowest BCUT2D eigenvalue weighted by molar-refractivity contribution is -0.130. The molecule has 0 amide bonds. The van der Waals surface area contributed by atoms with Gasteiger partial charge in [-0.2, -0.15) is 5.10 Å². The van der Waals surface area contributed by atoms with Gasteiger partial charge in [0.15, 0.2) is 5.65 Å². The van der Waals surface area contributed by atoms with E-state index in [4.69, 9.17) is 0 Å². The number of aromatic nitrogens is 3. The van der Waals surface area contributed by atoms with Crippen molar-refractivity contribution in [2.24, 2.45) is 0 Å². The van der Waals surface area contributed by atoms with Crippen molar-refractivity contribution in [3.8, 4) is 0 Å². The highest BCUT2D eigenvalue weighted by molar-refractivity contribution is 6.20. The van der Waals surface area contributed by atoms with Gasteiger partial charge >= 0.3 is 5.97 Å². The second-order valence-electron chi connectivity index (χ2n) is 4.67. The number of hydrogen-bond donors (Lipinski definition) is 1. The van der Waals surface area contributed by atoms with Gasteiger partial charge in [0.1, 0.15) is 0 Å². The molecule has 0 unspecified atom stereocenters. The van der Waals surface area contributed by atoms with Gasteiger partial charge in [0.05, 0.1) is 11.3 Å². The number of hydrogen-bond acceptors (Lipinski definition) is 3. The predicted molar refractivity (Wildman–Crippen MR) is 79.7 cm³/mol. The minimum atomic E-state index is -1.01. The number of imidazole rings is 1. The first kappa shape index (κ1) is 13.1. The molecular formula is C16H13N3O2. The summed E-state index contributed by atoms with van der Waals surface area (Å²) in [5.41, 5.74) is 3.11. The Bertz CT molecular complexity index is 849. The first-order valence-corrected chi connectivity index (χ1v) is 6.46. The van der Waals surface area contributed by atoms with Crippen molar-refractivity contribution >= 4 is 23.3 Å². The summed E-state index contributed by atoms with van der Waals surface area (Å²) in [5.74, 6) is -1.01. The number of carboxylic acids is 1. The molecule has 3 aromatic rings. The maximum Gasteiger partial charge on any atom is 0.337 e. The summed E-state index contributed by atoms with van der Waals surface area (Å²) in [7, 11) is 0. The summed E-state index contributed by atoms with van der Waals surface area (Å²) < 4.78 is 1.56. The molecule has 5 heteroatoms. The van der Waals surface area contributed by atoms with Crippen LogP contribution in [0.2, 0.25) is 0 Å². The Balaban J connectivity index is 2.13. The van der Waals surface area contributed by atoms with Crippen molar-refractivity contribution in [1.82, 2.24) is 14.6 Å². The summed E-state index contributed by atoms with van der Waals surface area (Å²) in [4.78, 5) is 15.7. The van der Waals surface area contributed by atoms with Crippen LogP contribution >= 0.6 is 0 Å². The van der Waals surface area contributed by atoms with Crippen LogP contribution in [0.3, 0.4) is 0 Å². The molecule has 2 heterocycles. The molecule has 0 radical (unpaired) electrons. The average Bonchev–Trinajstić information content (AvgIpc) is 2.93. The molecule has 2 aromatic heterocycles. The molecule has 0 aliphatic rings. The highest BCUT2D eigenvalue weighted by Gasteiger charge is 2.13. The summed E-state index contributed by atoms with van der Waals surface area (Å²) in [6, 6.07) is 11.0. The van der Waals surface area contributed by atoms with Gasteiger partial charge in [0, 0.05) is 12.4 Å². The second kappa shape index (κ2) is 5.20. The topological polar surface area (TPSA) is 67.5 Å². The van der Waals surface area contributed by atoms with Crippen molar-refractivity contribution in [2.75, 3.05) is 0 Å². The standard InChI is InChI=1S/C16H13N3O2/c1-11-4-2-3-5-12(11)10-13(16(20)21)14-6-7-15-17-8-9-19(15)18-14/h2-10H,1H3,(H,20,21). The Morgan fingerprint density at radius 2 is 2.05 bits per heavy atom. The summed E-state index contributed by atoms with van der Waals surface area (Å²) in [6.45, 7) is 1.94. The lowest BCUT2D eigenvalue weighted by Crippen LogP contribution is -2.04. The number of aryl methyl sites for hydroxylation is 1. The Kier molecular flexibility index (Phi) is 3.23. The van der Waals surface area contributed by atoms with Crippen LogP contribution in [0, 0.1) is 6.92 Å². The molecule has 104 valence electrons. The molecule has 21 heavy (non-hydrogen) atoms. The molecule has 0 atom stereocenters. The zero-order chi connectivity index (χ0) is 14.8. The van der Waals surface area contributed by atoms with E-state index in [-0.39, 0.29) is 5.57 Å². The van der Waals surface area contributed by atoms with E-state index in [0.29, 0.717) is 11.3 Å². The third kappa shape index (κ3) is 2.53. The largest absolute Gasteiger partial charge is 0.478 e. The monoisotopic (exact) mass is 279 g/mol. The van der Waals surface area contributed by atoms with E-state index in [9.17, 15) is 9.90 Å². The number of fused-ring (bicyclic) bond motifs is 1. The summed E-state index contributed by atoms with van der Waals surface area (Å²) >= 11 is 0. The normalized spacial score (nSPS) is 11.8. The molecule has 0 bridgehead atoms. The highest BCUT2D eigenvalue weighted by atomic mass is 16.4. The van der Waals surface area contributed by atoms with Gasteiger partial charge in [-0.25, -0.2) is 14.3 Å². The zero-order valence-corrected chi connectivity index (χ0v) is 11.4. The Hall–Kier alpha value is -2.95. The molecule has 0 saturated heterocycles. The minimum Gasteiger partial charge on any atom is -0.478 e. The van der Waals surface area contributed by atoms with Crippen LogP contribution in [0.4, 0.5) is 0 Å². The Labute approximate surface area is 121 Å². The molecule has 0 fully saturated rings. The van der Waals surface area contributed by atoms with E-state index >= 15 is 0 Å². The van der Waals surface area contributed by atoms with Crippen molar-refractivity contribution in [1.29, 1.82) is 0 Å². The fraction of sp³-hybridized carbons (Fsp3) is 0.0625. The van der Waals surface area contributed by atoms with Crippen LogP contribution in [-0.4, -0.2) is 25.7 Å². The number of rotatable bonds is 3. The van der Waals surface area contributed by atoms with Crippen LogP contribution in [0.15, 0.2) is 48.8 Å². The Morgan fingerprint density at radius 3 is 2.81 bits per heavy atom. The first-order chi connectivity index (χ1) is 10.1. The average molecular weight is 279 g/mol. The third-order valence-corrected chi connectivity index (χ3v) is 3.25. The smallest absolute Gasteiger partial charge is 0.337 e. The van der Waals surface area contributed by atoms with E-state index in [1.807, 2.05) is 31.2 Å². The fourth-order valence-corrected chi connectivity index (χ4v) is 2.11. The van der Waals surface area contributed by atoms with Crippen LogP contribution in [0.1, 0.15) is 16.8 Å². The molecule has 1 aromatic carbocycles. The van der Waals surface area contributed by atoms with E-state index in [1.54, 1.807) is 35.1 Å². The van der Waals surface area contributed by atoms with Gasteiger partial charge in [-0.05, 0) is 36.3 Å². The van der Waals surface area contributed by atoms with Crippen molar-refractivity contribution < 1.29 is 9.90 Å². The van der Waals surface area contributed by atoms with Crippen LogP contribution in [0.5, 0.6) is 0 Å². The number of benzene rings is 1. The highest BCUT2D eigenvalue weighted by Crippen LogP contribution is 2.19. The maximum absolute atomic E-state index is 11.6. The zero-order valence-electron chi connectivity index (χ0n) is 11.4. The van der Waals surface area contributed by atoms with Crippen molar-refractivity contribution in [3.05, 3.63) is 65.6 Å². The van der Waals surface area contributed by atoms with Crippen LogP contribution in [0.25, 0.3) is 17.3 Å². The molecule has 0 aliphatic heterocycles. The molecule has 5 nitrogen and oxygen atoms in total. The number of carboxylic acid groups (broad SMARTS) is 1. The van der Waals surface area contributed by atoms with Gasteiger partial charge in [-0.15, -0.1) is 0 Å². The van der Waals surface area contributed by atoms with Gasteiger partial charge in [0.25, 0.3) is 0 Å². The van der Waals surface area contributed by atoms with Crippen molar-refractivity contribution in [3.63, 3.8) is 0 Å². The minimum absolute atomic E-state index is 0.153. The number of nitrogens with zero attached hydrogens (tertiary/aromatic N) is 3. The summed E-state index contributed by atoms with van der Waals surface area (Å²) in [5, 5.41) is 13.8. The summed E-state index contributed by atoms with van der Waals surface area (Å²) in [6.07, 6.45) is 4.95. The number of carbonyl (C=O) groups is 1. The molecule has 0 aliphatic carbocycles. The SMILES string of the molecule is Cc1ccccc1C=C(C(=O)O)c1ccc2nccn2n1. The lowest BCUT2D eigenvalue weighted by Gasteiger charge is -2.05. The van der Waals surface area contributed by atoms with Crippen LogP contribution < -0.4 is 0 Å². The van der Waals surface area contributed by atoms with Gasteiger partial charge in [0.2, 0.25) is 0 Å². The van der Waals surface area contributed by atoms with E-state index in [0.717, 1.165) is 11.1 Å². The number of aliphatic carboxylic acids is 1. The van der Waals surface area contributed by atoms with E-state index in [2.05, 4.69) is 10.1 Å². The molecule has 0 spiro atoms. The first-order valence-electron chi connectivity index (χ1n) is 6.46. The van der Waals surface area contributed by atoms with Gasteiger partial charge in [-0.3, -0.25) is 0 Å². The van der Waals surface area contributed by atoms with Gasteiger partial charge in [-0.1, -0.05) is 24.3 Å². The molecule has 3 rings (SSSR count). The van der Waals surface area contributed by atoms with E-state index < -0.39 is 5.97 Å². The lowest BCUT2D eigenvalue weighted by atomic mass is 10.0. The van der Waals surface area contributed by atoms with E-state index in [1.165, 1.54) is 0 Å². The fourth-order valence-electron chi connectivity index (χ4n) is 2.11. The molecule has 1 N–H and O–H groups in total. The quantitative estimate of drug-likeness (QED) is 0.748. The predicted octanol–water partition coefficient (Wildman–Crippen LogP) is 2.66. The van der Waals surface area contributed by atoms with Crippen molar-refractivity contribution in [2.45, 2.75) is 6.92 Å². The molecule has 0 saturated carbocycles.